The minimum absolute atomic E-state index is 0.153. The summed E-state index contributed by atoms with van der Waals surface area (Å²) in [4.78, 5) is 24.7. The number of nitrogens with one attached hydrogen (secondary N) is 1. The van der Waals surface area contributed by atoms with Gasteiger partial charge >= 0.3 is 5.97 Å². The van der Waals surface area contributed by atoms with Gasteiger partial charge in [0.2, 0.25) is 6.79 Å². The van der Waals surface area contributed by atoms with Crippen LogP contribution in [-0.4, -0.2) is 30.9 Å². The fraction of sp³-hybridized carbons (Fsp3) is 0.300. The molecule has 2 aromatic carbocycles. The van der Waals surface area contributed by atoms with Crippen LogP contribution in [0.3, 0.4) is 0 Å². The lowest BCUT2D eigenvalue weighted by molar-refractivity contribution is -0.160. The van der Waals surface area contributed by atoms with Crippen LogP contribution < -0.4 is 19.5 Å². The number of amides is 1. The molecule has 0 fully saturated rings. The number of para-hydroxylation sites is 1. The summed E-state index contributed by atoms with van der Waals surface area (Å²) in [7, 11) is 0. The molecule has 7 heteroatoms. The monoisotopic (exact) mass is 371 g/mol. The summed E-state index contributed by atoms with van der Waals surface area (Å²) in [6.07, 6.45) is -1.34. The van der Waals surface area contributed by atoms with Crippen molar-refractivity contribution in [3.8, 4) is 17.2 Å². The van der Waals surface area contributed by atoms with Crippen molar-refractivity contribution in [3.05, 3.63) is 48.5 Å². The zero-order valence-corrected chi connectivity index (χ0v) is 15.1. The third-order valence-electron chi connectivity index (χ3n) is 3.96. The molecule has 1 aliphatic heterocycles. The Balaban J connectivity index is 1.55. The lowest BCUT2D eigenvalue weighted by Gasteiger charge is -2.19. The quantitative estimate of drug-likeness (QED) is 0.753. The highest BCUT2D eigenvalue weighted by Crippen LogP contribution is 2.34. The summed E-state index contributed by atoms with van der Waals surface area (Å²) >= 11 is 0. The lowest BCUT2D eigenvalue weighted by atomic mass is 10.2. The summed E-state index contributed by atoms with van der Waals surface area (Å²) in [6, 6.07) is 14.0. The van der Waals surface area contributed by atoms with Crippen LogP contribution in [0.2, 0.25) is 0 Å². The van der Waals surface area contributed by atoms with Crippen LogP contribution in [0.15, 0.2) is 48.5 Å². The number of fused-ring (bicyclic) bond motifs is 1. The molecule has 0 aromatic heterocycles. The van der Waals surface area contributed by atoms with Crippen molar-refractivity contribution in [2.75, 3.05) is 12.1 Å². The fourth-order valence-corrected chi connectivity index (χ4v) is 2.48. The Hall–Kier alpha value is -3.22. The average Bonchev–Trinajstić information content (AvgIpc) is 3.14. The van der Waals surface area contributed by atoms with Gasteiger partial charge in [-0.25, -0.2) is 4.79 Å². The number of hydrogen-bond donors (Lipinski definition) is 1. The van der Waals surface area contributed by atoms with Gasteiger partial charge in [0.25, 0.3) is 5.91 Å². The highest BCUT2D eigenvalue weighted by Gasteiger charge is 2.25. The summed E-state index contributed by atoms with van der Waals surface area (Å²) in [5, 5.41) is 2.69. The highest BCUT2D eigenvalue weighted by molar-refractivity contribution is 5.95. The first-order valence-electron chi connectivity index (χ1n) is 8.69. The number of anilines is 1. The molecule has 0 radical (unpaired) electrons. The third kappa shape index (κ3) is 4.69. The summed E-state index contributed by atoms with van der Waals surface area (Å²) < 4.78 is 21.4. The predicted octanol–water partition coefficient (Wildman–Crippen LogP) is 3.14. The summed E-state index contributed by atoms with van der Waals surface area (Å²) in [5.41, 5.74) is 0.528. The summed E-state index contributed by atoms with van der Waals surface area (Å²) in [5.74, 6) is 0.710. The van der Waals surface area contributed by atoms with Gasteiger partial charge < -0.3 is 24.3 Å². The largest absolute Gasteiger partial charge is 0.479 e. The highest BCUT2D eigenvalue weighted by atomic mass is 16.7. The van der Waals surface area contributed by atoms with Crippen molar-refractivity contribution in [1.82, 2.24) is 0 Å². The van der Waals surface area contributed by atoms with Gasteiger partial charge in [-0.1, -0.05) is 25.1 Å². The Kier molecular flexibility index (Phi) is 5.80. The molecule has 0 unspecified atom stereocenters. The molecule has 3 rings (SSSR count). The lowest BCUT2D eigenvalue weighted by Crippen LogP contribution is -2.36. The van der Waals surface area contributed by atoms with Crippen LogP contribution in [0.4, 0.5) is 5.69 Å². The second kappa shape index (κ2) is 8.44. The van der Waals surface area contributed by atoms with Crippen molar-refractivity contribution in [1.29, 1.82) is 0 Å². The van der Waals surface area contributed by atoms with E-state index in [1.807, 2.05) is 25.1 Å². The molecule has 0 saturated carbocycles. The number of carbonyl (C=O) groups is 2. The van der Waals surface area contributed by atoms with E-state index in [1.165, 1.54) is 6.92 Å². The smallest absolute Gasteiger partial charge is 0.348 e. The SMILES string of the molecule is CC[C@@H](Oc1ccccc1)C(=O)O[C@@H](C)C(=O)Nc1ccc2c(c1)OCO2. The topological polar surface area (TPSA) is 83.1 Å². The minimum Gasteiger partial charge on any atom is -0.479 e. The zero-order valence-electron chi connectivity index (χ0n) is 15.1. The molecular weight excluding hydrogens is 350 g/mol. The Morgan fingerprint density at radius 1 is 1.11 bits per heavy atom. The van der Waals surface area contributed by atoms with Crippen LogP contribution in [0.1, 0.15) is 20.3 Å². The minimum atomic E-state index is -0.976. The van der Waals surface area contributed by atoms with Crippen LogP contribution >= 0.6 is 0 Å². The maximum atomic E-state index is 12.3. The van der Waals surface area contributed by atoms with Crippen molar-refractivity contribution < 1.29 is 28.5 Å². The molecule has 2 aromatic rings. The molecule has 1 amide bonds. The Labute approximate surface area is 157 Å². The van der Waals surface area contributed by atoms with Crippen molar-refractivity contribution >= 4 is 17.6 Å². The number of hydrogen-bond acceptors (Lipinski definition) is 6. The number of esters is 1. The van der Waals surface area contributed by atoms with Crippen LogP contribution in [-0.2, 0) is 14.3 Å². The van der Waals surface area contributed by atoms with Crippen molar-refractivity contribution in [2.24, 2.45) is 0 Å². The molecule has 0 aliphatic carbocycles. The first kappa shape index (κ1) is 18.6. The molecule has 0 spiro atoms. The van der Waals surface area contributed by atoms with E-state index in [4.69, 9.17) is 18.9 Å². The van der Waals surface area contributed by atoms with Crippen LogP contribution in [0, 0.1) is 0 Å². The van der Waals surface area contributed by atoms with E-state index < -0.39 is 24.1 Å². The summed E-state index contributed by atoms with van der Waals surface area (Å²) in [6.45, 7) is 3.47. The molecular formula is C20H21NO6. The first-order valence-corrected chi connectivity index (χ1v) is 8.69. The Morgan fingerprint density at radius 2 is 1.85 bits per heavy atom. The number of carbonyl (C=O) groups excluding carboxylic acids is 2. The second-order valence-electron chi connectivity index (χ2n) is 5.96. The van der Waals surface area contributed by atoms with E-state index in [2.05, 4.69) is 5.32 Å². The van der Waals surface area contributed by atoms with Gasteiger partial charge in [0.1, 0.15) is 5.75 Å². The maximum absolute atomic E-state index is 12.3. The molecule has 7 nitrogen and oxygen atoms in total. The van der Waals surface area contributed by atoms with Crippen LogP contribution in [0.25, 0.3) is 0 Å². The van der Waals surface area contributed by atoms with Gasteiger partial charge in [-0.15, -0.1) is 0 Å². The van der Waals surface area contributed by atoms with Gasteiger partial charge in [0.05, 0.1) is 0 Å². The number of rotatable bonds is 7. The van der Waals surface area contributed by atoms with E-state index in [-0.39, 0.29) is 6.79 Å². The van der Waals surface area contributed by atoms with Crippen molar-refractivity contribution in [3.63, 3.8) is 0 Å². The predicted molar refractivity (Wildman–Crippen MR) is 97.9 cm³/mol. The van der Waals surface area contributed by atoms with E-state index in [0.717, 1.165) is 0 Å². The van der Waals surface area contributed by atoms with Crippen LogP contribution in [0.5, 0.6) is 17.2 Å². The fourth-order valence-electron chi connectivity index (χ4n) is 2.48. The molecule has 0 bridgehead atoms. The van der Waals surface area contributed by atoms with E-state index in [1.54, 1.807) is 30.3 Å². The Morgan fingerprint density at radius 3 is 2.59 bits per heavy atom. The normalized spacial score (nSPS) is 14.1. The molecule has 2 atom stereocenters. The van der Waals surface area contributed by atoms with E-state index >= 15 is 0 Å². The number of ether oxygens (including phenoxy) is 4. The molecule has 1 aliphatic rings. The standard InChI is InChI=1S/C20H21NO6/c1-3-16(27-15-7-5-4-6-8-15)20(23)26-13(2)19(22)21-14-9-10-17-18(11-14)25-12-24-17/h4-11,13,16H,3,12H2,1-2H3,(H,21,22)/t13-,16+/m0/s1. The Bertz CT molecular complexity index is 807. The number of benzene rings is 2. The van der Waals surface area contributed by atoms with E-state index in [0.29, 0.717) is 29.4 Å². The molecule has 142 valence electrons. The van der Waals surface area contributed by atoms with Gasteiger partial charge in [0, 0.05) is 11.8 Å². The third-order valence-corrected chi connectivity index (χ3v) is 3.96. The second-order valence-corrected chi connectivity index (χ2v) is 5.96. The van der Waals surface area contributed by atoms with Gasteiger partial charge in [-0.2, -0.15) is 0 Å². The molecule has 1 N–H and O–H groups in total. The molecule has 0 saturated heterocycles. The molecule has 27 heavy (non-hydrogen) atoms. The van der Waals surface area contributed by atoms with E-state index in [9.17, 15) is 9.59 Å². The van der Waals surface area contributed by atoms with Gasteiger partial charge in [0.15, 0.2) is 23.7 Å². The zero-order chi connectivity index (χ0) is 19.2. The van der Waals surface area contributed by atoms with Gasteiger partial charge in [-0.05, 0) is 37.6 Å². The first-order chi connectivity index (χ1) is 13.1. The van der Waals surface area contributed by atoms with Gasteiger partial charge in [-0.3, -0.25) is 4.79 Å². The average molecular weight is 371 g/mol. The van der Waals surface area contributed by atoms with Crippen molar-refractivity contribution in [2.45, 2.75) is 32.5 Å². The molecule has 1 heterocycles. The maximum Gasteiger partial charge on any atom is 0.348 e.